The van der Waals surface area contributed by atoms with E-state index in [0.717, 1.165) is 77.5 Å². The largest absolute Gasteiger partial charge is 0.487 e. The van der Waals surface area contributed by atoms with Gasteiger partial charge in [-0.05, 0) is 50.1 Å². The first-order valence-corrected chi connectivity index (χ1v) is 10.2. The summed E-state index contributed by atoms with van der Waals surface area (Å²) in [7, 11) is 0. The molecule has 0 aromatic rings. The van der Waals surface area contributed by atoms with Crippen molar-refractivity contribution in [1.82, 2.24) is 9.80 Å². The molecule has 0 bridgehead atoms. The first kappa shape index (κ1) is 29.8. The van der Waals surface area contributed by atoms with E-state index < -0.39 is 0 Å². The fourth-order valence-corrected chi connectivity index (χ4v) is 2.37. The predicted molar refractivity (Wildman–Crippen MR) is 113 cm³/mol. The Hall–Kier alpha value is 0.00338. The summed E-state index contributed by atoms with van der Waals surface area (Å²) in [5.41, 5.74) is 0. The molecule has 0 heterocycles. The van der Waals surface area contributed by atoms with Gasteiger partial charge in [-0.3, -0.25) is 0 Å². The van der Waals surface area contributed by atoms with E-state index in [9.17, 15) is 0 Å². The Morgan fingerprint density at radius 3 is 0.920 bits per heavy atom. The molecule has 0 atom stereocenters. The Labute approximate surface area is 179 Å². The number of hydrogen-bond donors (Lipinski definition) is 2. The molecule has 0 saturated carbocycles. The Morgan fingerprint density at radius 1 is 0.600 bits per heavy atom. The van der Waals surface area contributed by atoms with E-state index in [-0.39, 0.29) is 29.8 Å². The molecule has 2 N–H and O–H groups in total. The van der Waals surface area contributed by atoms with E-state index in [4.69, 9.17) is 34.6 Å². The zero-order chi connectivity index (χ0) is 18.8. The van der Waals surface area contributed by atoms with Crippen molar-refractivity contribution in [2.24, 2.45) is 0 Å². The standard InChI is InChI=1S/2C9H19NOS.Zn/c2*1-3-5-7-10(9(11)12)8-6-4-2;/h2*3-8H2,1-2H3,(H,11,12);. The summed E-state index contributed by atoms with van der Waals surface area (Å²) in [6.07, 6.45) is 8.98. The van der Waals surface area contributed by atoms with Gasteiger partial charge in [-0.1, -0.05) is 53.4 Å². The van der Waals surface area contributed by atoms with Gasteiger partial charge >= 0.3 is 0 Å². The van der Waals surface area contributed by atoms with E-state index in [1.54, 1.807) is 0 Å². The topological polar surface area (TPSA) is 46.9 Å². The Morgan fingerprint density at radius 2 is 0.800 bits per heavy atom. The van der Waals surface area contributed by atoms with E-state index in [2.05, 4.69) is 27.7 Å². The third kappa shape index (κ3) is 20.2. The third-order valence-electron chi connectivity index (χ3n) is 3.67. The van der Waals surface area contributed by atoms with Gasteiger partial charge in [-0.25, -0.2) is 0 Å². The molecule has 0 aliphatic heterocycles. The summed E-state index contributed by atoms with van der Waals surface area (Å²) >= 11 is 9.45. The molecule has 0 aliphatic rings. The summed E-state index contributed by atoms with van der Waals surface area (Å²) in [6, 6.07) is 0. The van der Waals surface area contributed by atoms with Crippen molar-refractivity contribution in [3.05, 3.63) is 0 Å². The van der Waals surface area contributed by atoms with Crippen LogP contribution in [-0.2, 0) is 19.5 Å². The maximum Gasteiger partial charge on any atom is 0.256 e. The first-order chi connectivity index (χ1) is 11.4. The van der Waals surface area contributed by atoms with E-state index in [1.165, 1.54) is 0 Å². The number of nitrogens with zero attached hydrogens (tertiary/aromatic N) is 2. The van der Waals surface area contributed by atoms with E-state index >= 15 is 0 Å². The van der Waals surface area contributed by atoms with Crippen molar-refractivity contribution in [1.29, 1.82) is 0 Å². The third-order valence-corrected chi connectivity index (χ3v) is 4.18. The minimum absolute atomic E-state index is 0. The van der Waals surface area contributed by atoms with Crippen LogP contribution in [0.2, 0.25) is 0 Å². The van der Waals surface area contributed by atoms with Crippen molar-refractivity contribution in [2.75, 3.05) is 26.2 Å². The zero-order valence-corrected chi connectivity index (χ0v) is 21.4. The van der Waals surface area contributed by atoms with Gasteiger partial charge in [0.05, 0.1) is 0 Å². The van der Waals surface area contributed by atoms with Gasteiger partial charge in [0, 0.05) is 45.7 Å². The van der Waals surface area contributed by atoms with Crippen molar-refractivity contribution >= 4 is 34.8 Å². The zero-order valence-electron chi connectivity index (χ0n) is 16.8. The van der Waals surface area contributed by atoms with Crippen molar-refractivity contribution in [3.63, 3.8) is 0 Å². The number of unbranched alkanes of at least 4 members (excludes halogenated alkanes) is 4. The van der Waals surface area contributed by atoms with Crippen LogP contribution in [-0.4, -0.2) is 56.5 Å². The maximum atomic E-state index is 9.12. The maximum absolute atomic E-state index is 9.12. The molecule has 25 heavy (non-hydrogen) atoms. The normalized spacial score (nSPS) is 9.44. The Kier molecular flexibility index (Phi) is 26.2. The van der Waals surface area contributed by atoms with Crippen LogP contribution in [0, 0.1) is 0 Å². The molecule has 0 fully saturated rings. The summed E-state index contributed by atoms with van der Waals surface area (Å²) < 4.78 is 0. The van der Waals surface area contributed by atoms with Crippen molar-refractivity contribution in [2.45, 2.75) is 79.1 Å². The smallest absolute Gasteiger partial charge is 0.256 e. The average Bonchev–Trinajstić information content (AvgIpc) is 2.55. The minimum Gasteiger partial charge on any atom is -0.487 e. The van der Waals surface area contributed by atoms with Gasteiger partial charge in [0.1, 0.15) is 0 Å². The second kappa shape index (κ2) is 22.0. The number of aliphatic hydroxyl groups is 2. The molecule has 0 spiro atoms. The molecule has 0 rings (SSSR count). The van der Waals surface area contributed by atoms with Gasteiger partial charge < -0.3 is 20.0 Å². The monoisotopic (exact) mass is 442 g/mol. The van der Waals surface area contributed by atoms with Crippen LogP contribution in [0.25, 0.3) is 0 Å². The molecule has 0 unspecified atom stereocenters. The van der Waals surface area contributed by atoms with E-state index in [0.29, 0.717) is 0 Å². The van der Waals surface area contributed by atoms with Crippen molar-refractivity contribution in [3.8, 4) is 0 Å². The molecule has 0 aromatic carbocycles. The minimum atomic E-state index is 0. The fourth-order valence-electron chi connectivity index (χ4n) is 2.00. The Bertz CT molecular complexity index is 275. The molecule has 0 amide bonds. The molecule has 0 radical (unpaired) electrons. The average molecular weight is 444 g/mol. The van der Waals surface area contributed by atoms with Gasteiger partial charge in [-0.15, -0.1) is 0 Å². The van der Waals surface area contributed by atoms with Crippen LogP contribution in [0.15, 0.2) is 0 Å². The SMILES string of the molecule is CCCCN(CCCC)C(O)=S.CCCCN(CCCC)C(O)=S.[Zn]. The van der Waals surface area contributed by atoms with Crippen LogP contribution in [0.5, 0.6) is 0 Å². The molecule has 146 valence electrons. The van der Waals surface area contributed by atoms with Crippen molar-refractivity contribution < 1.29 is 29.7 Å². The van der Waals surface area contributed by atoms with E-state index in [1.807, 2.05) is 9.80 Å². The summed E-state index contributed by atoms with van der Waals surface area (Å²) in [4.78, 5) is 3.75. The summed E-state index contributed by atoms with van der Waals surface area (Å²) in [5, 5.41) is 18.4. The summed E-state index contributed by atoms with van der Waals surface area (Å²) in [5.74, 6) is 0. The van der Waals surface area contributed by atoms with Gasteiger partial charge in [0.2, 0.25) is 0 Å². The quantitative estimate of drug-likeness (QED) is 0.308. The second-order valence-electron chi connectivity index (χ2n) is 5.95. The molecular formula is C18H38N2O2S2Zn. The number of hydrogen-bond acceptors (Lipinski definition) is 2. The van der Waals surface area contributed by atoms with Crippen LogP contribution in [0.1, 0.15) is 79.1 Å². The molecule has 0 aromatic heterocycles. The number of rotatable bonds is 12. The molecule has 0 saturated heterocycles. The summed E-state index contributed by atoms with van der Waals surface area (Å²) in [6.45, 7) is 12.1. The van der Waals surface area contributed by atoms with Gasteiger partial charge in [-0.2, -0.15) is 0 Å². The first-order valence-electron chi connectivity index (χ1n) is 9.40. The molecule has 0 aliphatic carbocycles. The van der Waals surface area contributed by atoms with Gasteiger partial charge in [0.15, 0.2) is 0 Å². The van der Waals surface area contributed by atoms with Crippen LogP contribution in [0.4, 0.5) is 0 Å². The fraction of sp³-hybridized carbons (Fsp3) is 0.889. The number of aliphatic hydroxyl groups excluding tert-OH is 2. The predicted octanol–water partition coefficient (Wildman–Crippen LogP) is 5.46. The van der Waals surface area contributed by atoms with Gasteiger partial charge in [0.25, 0.3) is 10.3 Å². The van der Waals surface area contributed by atoms with Crippen LogP contribution >= 0.6 is 24.4 Å². The van der Waals surface area contributed by atoms with Crippen LogP contribution in [0.3, 0.4) is 0 Å². The van der Waals surface area contributed by atoms with Crippen LogP contribution < -0.4 is 0 Å². The molecule has 4 nitrogen and oxygen atoms in total. The molecular weight excluding hydrogens is 406 g/mol. The molecule has 7 heteroatoms. The second-order valence-corrected chi connectivity index (χ2v) is 6.68. The number of thiocarbonyl (C=S) groups is 2. The Balaban J connectivity index is -0.000000372.